The maximum absolute atomic E-state index is 12.5. The van der Waals surface area contributed by atoms with Crippen molar-refractivity contribution in [2.75, 3.05) is 45.4 Å². The molecule has 8 nitrogen and oxygen atoms in total. The number of aromatic nitrogens is 2. The van der Waals surface area contributed by atoms with Crippen LogP contribution in [-0.2, 0) is 16.1 Å². The van der Waals surface area contributed by atoms with Gasteiger partial charge in [-0.15, -0.1) is 10.2 Å². The van der Waals surface area contributed by atoms with Crippen LogP contribution < -0.4 is 14.4 Å². The fourth-order valence-corrected chi connectivity index (χ4v) is 4.03. The molecule has 0 unspecified atom stereocenters. The quantitative estimate of drug-likeness (QED) is 0.611. The van der Waals surface area contributed by atoms with E-state index in [0.717, 1.165) is 35.2 Å². The number of ether oxygens (including phenoxy) is 4. The summed E-state index contributed by atoms with van der Waals surface area (Å²) < 4.78 is 21.6. The van der Waals surface area contributed by atoms with Crippen molar-refractivity contribution >= 4 is 22.6 Å². The number of carbonyl (C=O) groups is 1. The van der Waals surface area contributed by atoms with Crippen molar-refractivity contribution in [3.8, 4) is 22.8 Å². The molecule has 0 N–H and O–H groups in total. The Morgan fingerprint density at radius 1 is 0.967 bits per heavy atom. The summed E-state index contributed by atoms with van der Waals surface area (Å²) in [6.07, 6.45) is 0. The molecule has 0 amide bonds. The van der Waals surface area contributed by atoms with Gasteiger partial charge < -0.3 is 23.8 Å². The fourth-order valence-electron chi connectivity index (χ4n) is 4.03. The van der Waals surface area contributed by atoms with Gasteiger partial charge in [0.1, 0.15) is 6.61 Å². The summed E-state index contributed by atoms with van der Waals surface area (Å²) in [5.41, 5.74) is 2.67. The second-order valence-electron chi connectivity index (χ2n) is 7.17. The summed E-state index contributed by atoms with van der Waals surface area (Å²) >= 11 is 0. The third-order valence-corrected chi connectivity index (χ3v) is 5.53. The first-order chi connectivity index (χ1) is 14.7. The third-order valence-electron chi connectivity index (χ3n) is 5.53. The smallest absolute Gasteiger partial charge is 0.339 e. The average molecular weight is 407 g/mol. The molecule has 154 valence electrons. The van der Waals surface area contributed by atoms with Crippen LogP contribution in [-0.4, -0.2) is 56.7 Å². The highest BCUT2D eigenvalue weighted by Crippen LogP contribution is 2.41. The summed E-state index contributed by atoms with van der Waals surface area (Å²) in [5, 5.41) is 10.6. The van der Waals surface area contributed by atoms with E-state index in [4.69, 9.17) is 18.9 Å². The Balaban J connectivity index is 1.69. The maximum Gasteiger partial charge on any atom is 0.339 e. The normalized spacial score (nSPS) is 15.8. The van der Waals surface area contributed by atoms with Crippen LogP contribution in [0.2, 0.25) is 0 Å². The van der Waals surface area contributed by atoms with Crippen molar-refractivity contribution in [1.82, 2.24) is 10.2 Å². The van der Waals surface area contributed by atoms with Gasteiger partial charge in [0.05, 0.1) is 38.7 Å². The van der Waals surface area contributed by atoms with Crippen LogP contribution in [0.3, 0.4) is 0 Å². The minimum atomic E-state index is -0.351. The van der Waals surface area contributed by atoms with Crippen LogP contribution >= 0.6 is 0 Å². The van der Waals surface area contributed by atoms with E-state index in [9.17, 15) is 4.79 Å². The summed E-state index contributed by atoms with van der Waals surface area (Å²) in [7, 11) is 3.18. The first kappa shape index (κ1) is 18.6. The van der Waals surface area contributed by atoms with Gasteiger partial charge in [0.15, 0.2) is 17.3 Å². The van der Waals surface area contributed by atoms with Gasteiger partial charge in [-0.05, 0) is 41.1 Å². The Hall–Kier alpha value is -3.39. The van der Waals surface area contributed by atoms with E-state index in [1.54, 1.807) is 14.2 Å². The third kappa shape index (κ3) is 3.00. The molecule has 1 aromatic heterocycles. The molecule has 2 aliphatic heterocycles. The van der Waals surface area contributed by atoms with Crippen LogP contribution in [0.5, 0.6) is 11.5 Å². The Kier molecular flexibility index (Phi) is 4.63. The van der Waals surface area contributed by atoms with Gasteiger partial charge >= 0.3 is 5.97 Å². The van der Waals surface area contributed by atoms with Crippen LogP contribution in [0.15, 0.2) is 30.3 Å². The minimum Gasteiger partial charge on any atom is -0.493 e. The predicted molar refractivity (Wildman–Crippen MR) is 110 cm³/mol. The van der Waals surface area contributed by atoms with E-state index in [2.05, 4.69) is 15.1 Å². The van der Waals surface area contributed by atoms with Crippen LogP contribution in [0.4, 0.5) is 5.82 Å². The van der Waals surface area contributed by atoms with E-state index < -0.39 is 0 Å². The van der Waals surface area contributed by atoms with Crippen molar-refractivity contribution in [2.24, 2.45) is 0 Å². The number of carbonyl (C=O) groups excluding carboxylic acids is 1. The second-order valence-corrected chi connectivity index (χ2v) is 7.17. The van der Waals surface area contributed by atoms with Gasteiger partial charge in [-0.3, -0.25) is 0 Å². The van der Waals surface area contributed by atoms with Crippen molar-refractivity contribution < 1.29 is 23.7 Å². The Labute approximate surface area is 173 Å². The first-order valence-corrected chi connectivity index (χ1v) is 9.75. The molecule has 0 aliphatic carbocycles. The standard InChI is InChI=1S/C22H21N3O5/c1-27-17-10-13-9-14-12-30-22(26)20(14)21(15(13)11-18(17)28-2)16-3-4-19(24-23-16)25-5-7-29-8-6-25/h3-4,9-11H,5-8,12H2,1-2H3. The van der Waals surface area contributed by atoms with Crippen LogP contribution in [0, 0.1) is 0 Å². The number of esters is 1. The van der Waals surface area contributed by atoms with E-state index in [1.165, 1.54) is 0 Å². The lowest BCUT2D eigenvalue weighted by Gasteiger charge is -2.27. The number of cyclic esters (lactones) is 1. The number of hydrogen-bond acceptors (Lipinski definition) is 8. The number of fused-ring (bicyclic) bond motifs is 2. The van der Waals surface area contributed by atoms with Gasteiger partial charge in [-0.25, -0.2) is 4.79 Å². The SMILES string of the molecule is COc1cc2cc3c(c(-c4ccc(N5CCOCC5)nn4)c2cc1OC)C(=O)OC3. The molecule has 2 aromatic carbocycles. The molecule has 3 heterocycles. The molecule has 3 aromatic rings. The molecule has 5 rings (SSSR count). The van der Waals surface area contributed by atoms with Gasteiger partial charge in [0.25, 0.3) is 0 Å². The van der Waals surface area contributed by atoms with Crippen molar-refractivity contribution in [1.29, 1.82) is 0 Å². The van der Waals surface area contributed by atoms with Gasteiger partial charge in [-0.1, -0.05) is 0 Å². The van der Waals surface area contributed by atoms with Gasteiger partial charge in [-0.2, -0.15) is 0 Å². The first-order valence-electron chi connectivity index (χ1n) is 9.75. The maximum atomic E-state index is 12.5. The van der Waals surface area contributed by atoms with Crippen molar-refractivity contribution in [3.63, 3.8) is 0 Å². The largest absolute Gasteiger partial charge is 0.493 e. The molecular formula is C22H21N3O5. The highest BCUT2D eigenvalue weighted by molar-refractivity contribution is 6.10. The number of benzene rings is 2. The molecule has 0 radical (unpaired) electrons. The van der Waals surface area contributed by atoms with E-state index in [-0.39, 0.29) is 12.6 Å². The lowest BCUT2D eigenvalue weighted by atomic mass is 9.92. The van der Waals surface area contributed by atoms with E-state index in [0.29, 0.717) is 41.5 Å². The molecule has 0 atom stereocenters. The molecule has 1 saturated heterocycles. The summed E-state index contributed by atoms with van der Waals surface area (Å²) in [6, 6.07) is 9.55. The second kappa shape index (κ2) is 7.46. The van der Waals surface area contributed by atoms with Gasteiger partial charge in [0, 0.05) is 24.2 Å². The zero-order chi connectivity index (χ0) is 20.7. The molecule has 0 spiro atoms. The molecule has 0 bridgehead atoms. The Bertz CT molecular complexity index is 1120. The summed E-state index contributed by atoms with van der Waals surface area (Å²) in [5.74, 6) is 1.64. The predicted octanol–water partition coefficient (Wildman–Crippen LogP) is 2.82. The Morgan fingerprint density at radius 2 is 1.73 bits per heavy atom. The fraction of sp³-hybridized carbons (Fsp3) is 0.318. The number of rotatable bonds is 4. The zero-order valence-electron chi connectivity index (χ0n) is 16.8. The van der Waals surface area contributed by atoms with Gasteiger partial charge in [0.2, 0.25) is 0 Å². The molecule has 1 fully saturated rings. The molecule has 30 heavy (non-hydrogen) atoms. The zero-order valence-corrected chi connectivity index (χ0v) is 16.8. The number of nitrogens with zero attached hydrogens (tertiary/aromatic N) is 3. The highest BCUT2D eigenvalue weighted by atomic mass is 16.5. The summed E-state index contributed by atoms with van der Waals surface area (Å²) in [4.78, 5) is 14.7. The number of methoxy groups -OCH3 is 2. The minimum absolute atomic E-state index is 0.241. The van der Waals surface area contributed by atoms with Crippen LogP contribution in [0.1, 0.15) is 15.9 Å². The lowest BCUT2D eigenvalue weighted by molar-refractivity contribution is 0.0535. The number of anilines is 1. The molecule has 0 saturated carbocycles. The molecular weight excluding hydrogens is 386 g/mol. The van der Waals surface area contributed by atoms with Crippen LogP contribution in [0.25, 0.3) is 22.0 Å². The number of hydrogen-bond donors (Lipinski definition) is 0. The highest BCUT2D eigenvalue weighted by Gasteiger charge is 2.29. The Morgan fingerprint density at radius 3 is 2.43 bits per heavy atom. The topological polar surface area (TPSA) is 83.0 Å². The van der Waals surface area contributed by atoms with E-state index >= 15 is 0 Å². The number of morpholine rings is 1. The molecule has 2 aliphatic rings. The average Bonchev–Trinajstić information content (AvgIpc) is 3.17. The molecule has 8 heteroatoms. The van der Waals surface area contributed by atoms with E-state index in [1.807, 2.05) is 30.3 Å². The van der Waals surface area contributed by atoms with Crippen molar-refractivity contribution in [3.05, 3.63) is 41.5 Å². The summed E-state index contributed by atoms with van der Waals surface area (Å²) in [6.45, 7) is 3.15. The van der Waals surface area contributed by atoms with Crippen molar-refractivity contribution in [2.45, 2.75) is 6.61 Å². The lowest BCUT2D eigenvalue weighted by Crippen LogP contribution is -2.36. The monoisotopic (exact) mass is 407 g/mol.